The van der Waals surface area contributed by atoms with Crippen molar-refractivity contribution in [1.82, 2.24) is 30.1 Å². The third-order valence-electron chi connectivity index (χ3n) is 7.42. The standard InChI is InChI=1S/C28H32N6O3/c1-28(2,3)34-26(30-31-32-34)25(33-11-9-19(10-12-33)13-18-7-5-4-6-8-18)21-14-20-15-23-24(37-17-36-23)16-22(20)29-27(21)35/h4-8,14-16,19,25H,9-13,17H2,1-3H3,(H,29,35)/t25-/m1/s1. The molecule has 1 fully saturated rings. The molecule has 2 aromatic heterocycles. The van der Waals surface area contributed by atoms with Crippen molar-refractivity contribution in [2.24, 2.45) is 5.92 Å². The number of aromatic amines is 1. The molecule has 2 aliphatic heterocycles. The Hall–Kier alpha value is -3.72. The predicted octanol–water partition coefficient (Wildman–Crippen LogP) is 4.04. The zero-order valence-electron chi connectivity index (χ0n) is 21.5. The number of aromatic nitrogens is 5. The highest BCUT2D eigenvalue weighted by atomic mass is 16.7. The Bertz CT molecular complexity index is 1470. The minimum Gasteiger partial charge on any atom is -0.454 e. The summed E-state index contributed by atoms with van der Waals surface area (Å²) >= 11 is 0. The van der Waals surface area contributed by atoms with Gasteiger partial charge in [0.25, 0.3) is 5.56 Å². The fourth-order valence-corrected chi connectivity index (χ4v) is 5.52. The average Bonchev–Trinajstić information content (AvgIpc) is 3.54. The van der Waals surface area contributed by atoms with E-state index in [4.69, 9.17) is 9.47 Å². The number of hydrogen-bond donors (Lipinski definition) is 1. The molecule has 4 aromatic rings. The molecule has 37 heavy (non-hydrogen) atoms. The van der Waals surface area contributed by atoms with E-state index in [1.807, 2.05) is 22.9 Å². The summed E-state index contributed by atoms with van der Waals surface area (Å²) in [6.45, 7) is 8.11. The monoisotopic (exact) mass is 500 g/mol. The van der Waals surface area contributed by atoms with Gasteiger partial charge in [-0.05, 0) is 87.2 Å². The first-order valence-corrected chi connectivity index (χ1v) is 12.9. The molecule has 0 saturated carbocycles. The van der Waals surface area contributed by atoms with E-state index in [0.29, 0.717) is 34.3 Å². The number of tetrazole rings is 1. The lowest BCUT2D eigenvalue weighted by atomic mass is 9.88. The van der Waals surface area contributed by atoms with Crippen LogP contribution in [0, 0.1) is 5.92 Å². The molecular weight excluding hydrogens is 468 g/mol. The second-order valence-corrected chi connectivity index (χ2v) is 11.0. The maximum absolute atomic E-state index is 13.5. The van der Waals surface area contributed by atoms with Gasteiger partial charge in [0, 0.05) is 17.0 Å². The van der Waals surface area contributed by atoms with Gasteiger partial charge in [0.15, 0.2) is 17.3 Å². The number of benzene rings is 2. The Labute approximate surface area is 215 Å². The molecule has 192 valence electrons. The fraction of sp³-hybridized carbons (Fsp3) is 0.429. The number of hydrogen-bond acceptors (Lipinski definition) is 7. The molecule has 0 bridgehead atoms. The summed E-state index contributed by atoms with van der Waals surface area (Å²) in [5, 5.41) is 13.7. The summed E-state index contributed by atoms with van der Waals surface area (Å²) in [7, 11) is 0. The van der Waals surface area contributed by atoms with E-state index >= 15 is 0 Å². The SMILES string of the molecule is CC(C)(C)n1nnnc1[C@@H](c1cc2cc3c(cc2[nH]c1=O)OCO3)N1CCC(Cc2ccccc2)CC1. The van der Waals surface area contributed by atoms with Crippen molar-refractivity contribution >= 4 is 10.9 Å². The number of pyridine rings is 1. The summed E-state index contributed by atoms with van der Waals surface area (Å²) < 4.78 is 12.9. The van der Waals surface area contributed by atoms with Crippen LogP contribution in [0.5, 0.6) is 11.5 Å². The Balaban J connectivity index is 1.37. The van der Waals surface area contributed by atoms with E-state index in [-0.39, 0.29) is 23.9 Å². The van der Waals surface area contributed by atoms with Crippen molar-refractivity contribution < 1.29 is 9.47 Å². The minimum absolute atomic E-state index is 0.147. The fourth-order valence-electron chi connectivity index (χ4n) is 5.52. The summed E-state index contributed by atoms with van der Waals surface area (Å²) in [6, 6.07) is 16.0. The van der Waals surface area contributed by atoms with Crippen molar-refractivity contribution in [3.05, 3.63) is 75.8 Å². The van der Waals surface area contributed by atoms with Crippen LogP contribution in [-0.2, 0) is 12.0 Å². The number of piperidine rings is 1. The van der Waals surface area contributed by atoms with Crippen molar-refractivity contribution in [3.8, 4) is 11.5 Å². The Morgan fingerprint density at radius 3 is 2.51 bits per heavy atom. The van der Waals surface area contributed by atoms with Gasteiger partial charge in [0.05, 0.1) is 11.1 Å². The molecule has 2 aliphatic rings. The molecule has 4 heterocycles. The smallest absolute Gasteiger partial charge is 0.253 e. The average molecular weight is 501 g/mol. The maximum atomic E-state index is 13.5. The number of likely N-dealkylation sites (tertiary alicyclic amines) is 1. The van der Waals surface area contributed by atoms with Gasteiger partial charge in [-0.1, -0.05) is 30.3 Å². The molecule has 9 nitrogen and oxygen atoms in total. The molecule has 1 N–H and O–H groups in total. The van der Waals surface area contributed by atoms with Crippen LogP contribution in [0.1, 0.15) is 56.6 Å². The highest BCUT2D eigenvalue weighted by Crippen LogP contribution is 2.37. The second kappa shape index (κ2) is 9.30. The molecule has 1 atom stereocenters. The summed E-state index contributed by atoms with van der Waals surface area (Å²) in [5.74, 6) is 2.61. The van der Waals surface area contributed by atoms with Crippen molar-refractivity contribution in [3.63, 3.8) is 0 Å². The van der Waals surface area contributed by atoms with Gasteiger partial charge in [-0.15, -0.1) is 5.10 Å². The highest BCUT2D eigenvalue weighted by molar-refractivity contribution is 5.83. The van der Waals surface area contributed by atoms with Crippen molar-refractivity contribution in [1.29, 1.82) is 0 Å². The van der Waals surface area contributed by atoms with Gasteiger partial charge in [-0.2, -0.15) is 0 Å². The Morgan fingerprint density at radius 1 is 1.05 bits per heavy atom. The summed E-state index contributed by atoms with van der Waals surface area (Å²) in [4.78, 5) is 19.0. The second-order valence-electron chi connectivity index (χ2n) is 11.0. The van der Waals surface area contributed by atoms with E-state index in [0.717, 1.165) is 37.7 Å². The first-order chi connectivity index (χ1) is 17.9. The van der Waals surface area contributed by atoms with Crippen molar-refractivity contribution in [2.45, 2.75) is 51.6 Å². The van der Waals surface area contributed by atoms with Gasteiger partial charge in [0.1, 0.15) is 6.04 Å². The molecule has 0 radical (unpaired) electrons. The first kappa shape index (κ1) is 23.7. The highest BCUT2D eigenvalue weighted by Gasteiger charge is 2.35. The molecule has 9 heteroatoms. The molecule has 1 saturated heterocycles. The van der Waals surface area contributed by atoms with Gasteiger partial charge in [-0.25, -0.2) is 4.68 Å². The topological polar surface area (TPSA) is 98.2 Å². The number of nitrogens with zero attached hydrogens (tertiary/aromatic N) is 5. The summed E-state index contributed by atoms with van der Waals surface area (Å²) in [5.41, 5.74) is 2.24. The third kappa shape index (κ3) is 4.59. The van der Waals surface area contributed by atoms with Gasteiger partial charge in [0.2, 0.25) is 6.79 Å². The van der Waals surface area contributed by atoms with E-state index in [2.05, 4.69) is 76.5 Å². The van der Waals surface area contributed by atoms with Gasteiger partial charge in [-0.3, -0.25) is 9.69 Å². The number of ether oxygens (including phenoxy) is 2. The number of fused-ring (bicyclic) bond motifs is 2. The summed E-state index contributed by atoms with van der Waals surface area (Å²) in [6.07, 6.45) is 3.17. The quantitative estimate of drug-likeness (QED) is 0.442. The van der Waals surface area contributed by atoms with E-state index in [1.165, 1.54) is 5.56 Å². The van der Waals surface area contributed by atoms with Crippen LogP contribution in [0.2, 0.25) is 0 Å². The number of nitrogens with one attached hydrogen (secondary N) is 1. The largest absolute Gasteiger partial charge is 0.454 e. The molecule has 0 unspecified atom stereocenters. The maximum Gasteiger partial charge on any atom is 0.253 e. The Morgan fingerprint density at radius 2 is 1.78 bits per heavy atom. The molecule has 0 spiro atoms. The lowest BCUT2D eigenvalue weighted by molar-refractivity contribution is 0.138. The Kier molecular flexibility index (Phi) is 5.95. The van der Waals surface area contributed by atoms with Crippen LogP contribution in [0.3, 0.4) is 0 Å². The van der Waals surface area contributed by atoms with E-state index in [9.17, 15) is 4.79 Å². The zero-order valence-corrected chi connectivity index (χ0v) is 21.5. The van der Waals surface area contributed by atoms with Crippen LogP contribution < -0.4 is 15.0 Å². The lowest BCUT2D eigenvalue weighted by Crippen LogP contribution is -2.42. The molecule has 2 aromatic carbocycles. The third-order valence-corrected chi connectivity index (χ3v) is 7.42. The van der Waals surface area contributed by atoms with Gasteiger partial charge >= 0.3 is 0 Å². The normalized spacial score (nSPS) is 17.4. The van der Waals surface area contributed by atoms with Crippen LogP contribution in [0.25, 0.3) is 10.9 Å². The van der Waals surface area contributed by atoms with Gasteiger partial charge < -0.3 is 14.5 Å². The van der Waals surface area contributed by atoms with Crippen LogP contribution in [0.15, 0.2) is 53.3 Å². The lowest BCUT2D eigenvalue weighted by Gasteiger charge is -2.37. The minimum atomic E-state index is -0.370. The molecule has 0 amide bonds. The van der Waals surface area contributed by atoms with Crippen LogP contribution in [0.4, 0.5) is 0 Å². The molecule has 0 aliphatic carbocycles. The molecule has 6 rings (SSSR count). The number of H-pyrrole nitrogens is 1. The van der Waals surface area contributed by atoms with Crippen LogP contribution >= 0.6 is 0 Å². The number of rotatable bonds is 5. The molecular formula is C28H32N6O3. The van der Waals surface area contributed by atoms with Crippen molar-refractivity contribution in [2.75, 3.05) is 19.9 Å². The van der Waals surface area contributed by atoms with E-state index < -0.39 is 0 Å². The van der Waals surface area contributed by atoms with Crippen LogP contribution in [-0.4, -0.2) is 50.0 Å². The zero-order chi connectivity index (χ0) is 25.6. The first-order valence-electron chi connectivity index (χ1n) is 12.9. The van der Waals surface area contributed by atoms with E-state index in [1.54, 1.807) is 0 Å². The predicted molar refractivity (Wildman–Crippen MR) is 140 cm³/mol.